The van der Waals surface area contributed by atoms with Crippen LogP contribution in [0.2, 0.25) is 0 Å². The molecule has 13 heteroatoms. The van der Waals surface area contributed by atoms with Gasteiger partial charge in [0, 0.05) is 6.42 Å². The van der Waals surface area contributed by atoms with Gasteiger partial charge in [0.2, 0.25) is 5.91 Å². The summed E-state index contributed by atoms with van der Waals surface area (Å²) in [5.74, 6) is -0.257. The number of hydrogen-bond acceptors (Lipinski definition) is 10. The molecule has 1 saturated heterocycles. The fraction of sp³-hybridized carbons (Fsp3) is 0.944. The van der Waals surface area contributed by atoms with E-state index in [1.807, 2.05) is 6.08 Å². The molecule has 1 amide bonds. The number of ether oxygens (including phenoxy) is 2. The van der Waals surface area contributed by atoms with E-state index in [4.69, 9.17) is 9.47 Å². The quantitative estimate of drug-likeness (QED) is 0.0193. The first-order valence-electron chi connectivity index (χ1n) is 28.1. The van der Waals surface area contributed by atoms with Gasteiger partial charge in [-0.1, -0.05) is 257 Å². The van der Waals surface area contributed by atoms with Gasteiger partial charge in [0.05, 0.1) is 25.4 Å². The fourth-order valence-corrected chi connectivity index (χ4v) is 9.73. The summed E-state index contributed by atoms with van der Waals surface area (Å²) in [7, 11) is -5.08. The van der Waals surface area contributed by atoms with Crippen molar-refractivity contribution in [1.82, 2.24) is 5.32 Å². The number of hydrogen-bond donors (Lipinski definition) is 6. The number of aliphatic hydroxyl groups excluding tert-OH is 4. The van der Waals surface area contributed by atoms with Gasteiger partial charge in [0.1, 0.15) is 24.4 Å². The molecule has 1 aliphatic heterocycles. The van der Waals surface area contributed by atoms with Crippen molar-refractivity contribution < 1.29 is 51.8 Å². The van der Waals surface area contributed by atoms with Crippen molar-refractivity contribution in [3.05, 3.63) is 12.2 Å². The smallest absolute Gasteiger partial charge is 0.394 e. The lowest BCUT2D eigenvalue weighted by molar-refractivity contribution is -0.298. The van der Waals surface area contributed by atoms with E-state index in [2.05, 4.69) is 23.3 Å². The van der Waals surface area contributed by atoms with Gasteiger partial charge in [0.25, 0.3) is 0 Å². The van der Waals surface area contributed by atoms with Crippen LogP contribution in [-0.4, -0.2) is 95.4 Å². The van der Waals surface area contributed by atoms with Crippen LogP contribution in [-0.2, 0) is 28.9 Å². The van der Waals surface area contributed by atoms with Crippen molar-refractivity contribution in [3.63, 3.8) is 0 Å². The average Bonchev–Trinajstić information content (AvgIpc) is 3.30. The summed E-state index contributed by atoms with van der Waals surface area (Å²) >= 11 is 0. The predicted molar refractivity (Wildman–Crippen MR) is 273 cm³/mol. The Morgan fingerprint density at radius 3 is 1.30 bits per heavy atom. The summed E-state index contributed by atoms with van der Waals surface area (Å²) in [5, 5.41) is 44.8. The minimum Gasteiger partial charge on any atom is -0.394 e. The van der Waals surface area contributed by atoms with Gasteiger partial charge < -0.3 is 35.2 Å². The van der Waals surface area contributed by atoms with Crippen molar-refractivity contribution in [2.75, 3.05) is 13.2 Å². The molecule has 7 unspecified atom stereocenters. The van der Waals surface area contributed by atoms with Crippen LogP contribution in [0.15, 0.2) is 12.2 Å². The molecule has 7 atom stereocenters. The Kier molecular flexibility index (Phi) is 42.7. The standard InChI is InChI=1S/C54H105NO11S/c1-3-5-7-9-11-13-15-17-18-19-20-21-22-23-24-25-26-27-28-29-30-32-34-36-38-40-42-44-50(58)55-47(48(57)43-41-39-37-35-33-31-16-14-12-10-8-6-4-2)46-64-54-52(60)53(66-67(61,62)63)51(59)49(45-56)65-54/h41,43,47-49,51-54,56-57,59-60H,3-40,42,44-46H2,1-2H3,(H,55,58)(H,61,62,63)/b43-41+. The number of carbonyl (C=O) groups is 1. The Hall–Kier alpha value is -1.16. The van der Waals surface area contributed by atoms with Crippen LogP contribution in [0.1, 0.15) is 271 Å². The zero-order valence-corrected chi connectivity index (χ0v) is 43.8. The Balaban J connectivity index is 2.30. The third kappa shape index (κ3) is 37.3. The molecule has 0 aromatic rings. The lowest BCUT2D eigenvalue weighted by atomic mass is 9.99. The van der Waals surface area contributed by atoms with E-state index < -0.39 is 59.9 Å². The van der Waals surface area contributed by atoms with Crippen LogP contribution in [0.5, 0.6) is 0 Å². The summed E-state index contributed by atoms with van der Waals surface area (Å²) in [5.41, 5.74) is 0. The molecule has 0 aromatic heterocycles. The average molecular weight is 976 g/mol. The SMILES string of the molecule is CCCCCCCCCCCCC/C=C/C(O)C(COC1OC(CO)C(O)C(OS(=O)(=O)O)C1O)NC(=O)CCCCCCCCCCCCCCCCCCCCCCCCCCCCC. The second-order valence-electron chi connectivity index (χ2n) is 19.9. The van der Waals surface area contributed by atoms with E-state index in [1.54, 1.807) is 6.08 Å². The minimum absolute atomic E-state index is 0.257. The van der Waals surface area contributed by atoms with Crippen molar-refractivity contribution in [1.29, 1.82) is 0 Å². The molecule has 0 radical (unpaired) electrons. The lowest BCUT2D eigenvalue weighted by Crippen LogP contribution is -2.61. The molecule has 0 spiro atoms. The molecular formula is C54H105NO11S. The zero-order chi connectivity index (χ0) is 49.1. The third-order valence-corrected chi connectivity index (χ3v) is 14.0. The van der Waals surface area contributed by atoms with Crippen LogP contribution >= 0.6 is 0 Å². The molecular weight excluding hydrogens is 871 g/mol. The summed E-state index contributed by atoms with van der Waals surface area (Å²) in [6.07, 6.45) is 44.1. The first-order valence-corrected chi connectivity index (χ1v) is 29.4. The highest BCUT2D eigenvalue weighted by atomic mass is 32.3. The molecule has 0 aromatic carbocycles. The summed E-state index contributed by atoms with van der Waals surface area (Å²) in [6, 6.07) is -0.939. The third-order valence-electron chi connectivity index (χ3n) is 13.6. The number of carbonyl (C=O) groups excluding carboxylic acids is 1. The lowest BCUT2D eigenvalue weighted by Gasteiger charge is -2.41. The van der Waals surface area contributed by atoms with E-state index >= 15 is 0 Å². The van der Waals surface area contributed by atoms with E-state index in [-0.39, 0.29) is 18.9 Å². The van der Waals surface area contributed by atoms with E-state index in [1.165, 1.54) is 205 Å². The van der Waals surface area contributed by atoms with E-state index in [0.717, 1.165) is 38.5 Å². The van der Waals surface area contributed by atoms with Gasteiger partial charge in [-0.15, -0.1) is 0 Å². The van der Waals surface area contributed by atoms with E-state index in [9.17, 15) is 38.2 Å². The van der Waals surface area contributed by atoms with Gasteiger partial charge >= 0.3 is 10.4 Å². The molecule has 0 saturated carbocycles. The van der Waals surface area contributed by atoms with Gasteiger partial charge in [0.15, 0.2) is 6.29 Å². The van der Waals surface area contributed by atoms with Crippen molar-refractivity contribution >= 4 is 16.3 Å². The topological polar surface area (TPSA) is 192 Å². The maximum absolute atomic E-state index is 13.1. The largest absolute Gasteiger partial charge is 0.397 e. The number of nitrogens with one attached hydrogen (secondary N) is 1. The van der Waals surface area contributed by atoms with Crippen LogP contribution in [0.3, 0.4) is 0 Å². The zero-order valence-electron chi connectivity index (χ0n) is 43.0. The van der Waals surface area contributed by atoms with E-state index in [0.29, 0.717) is 6.42 Å². The number of aliphatic hydroxyl groups is 4. The highest BCUT2D eigenvalue weighted by Gasteiger charge is 2.48. The number of rotatable bonds is 49. The van der Waals surface area contributed by atoms with Gasteiger partial charge in [-0.25, -0.2) is 4.18 Å². The number of unbranched alkanes of at least 4 members (excludes halogenated alkanes) is 37. The highest BCUT2D eigenvalue weighted by molar-refractivity contribution is 7.80. The molecule has 0 aliphatic carbocycles. The van der Waals surface area contributed by atoms with Gasteiger partial charge in [-0.2, -0.15) is 8.42 Å². The van der Waals surface area contributed by atoms with Gasteiger partial charge in [-0.3, -0.25) is 9.35 Å². The molecule has 1 aliphatic rings. The first kappa shape index (κ1) is 63.9. The number of allylic oxidation sites excluding steroid dienone is 1. The Morgan fingerprint density at radius 1 is 0.582 bits per heavy atom. The molecule has 1 rings (SSSR count). The molecule has 67 heavy (non-hydrogen) atoms. The monoisotopic (exact) mass is 976 g/mol. The molecule has 6 N–H and O–H groups in total. The van der Waals surface area contributed by atoms with Crippen LogP contribution in [0.4, 0.5) is 0 Å². The van der Waals surface area contributed by atoms with Crippen molar-refractivity contribution in [2.45, 2.75) is 314 Å². The molecule has 398 valence electrons. The molecule has 0 bridgehead atoms. The Morgan fingerprint density at radius 2 is 0.940 bits per heavy atom. The van der Waals surface area contributed by atoms with Crippen LogP contribution in [0, 0.1) is 0 Å². The summed E-state index contributed by atoms with van der Waals surface area (Å²) in [4.78, 5) is 13.1. The highest BCUT2D eigenvalue weighted by Crippen LogP contribution is 2.26. The fourth-order valence-electron chi connectivity index (χ4n) is 9.22. The maximum Gasteiger partial charge on any atom is 0.397 e. The number of amides is 1. The second-order valence-corrected chi connectivity index (χ2v) is 20.9. The Labute approximate surface area is 410 Å². The van der Waals surface area contributed by atoms with Crippen molar-refractivity contribution in [3.8, 4) is 0 Å². The van der Waals surface area contributed by atoms with Crippen molar-refractivity contribution in [2.24, 2.45) is 0 Å². The van der Waals surface area contributed by atoms with Crippen LogP contribution in [0.25, 0.3) is 0 Å². The summed E-state index contributed by atoms with van der Waals surface area (Å²) in [6.45, 7) is 3.42. The normalized spacial score (nSPS) is 19.9. The Bertz CT molecular complexity index is 1240. The van der Waals surface area contributed by atoms with Crippen LogP contribution < -0.4 is 5.32 Å². The van der Waals surface area contributed by atoms with Gasteiger partial charge in [-0.05, 0) is 19.3 Å². The second kappa shape index (κ2) is 44.8. The molecule has 12 nitrogen and oxygen atoms in total. The molecule has 1 fully saturated rings. The predicted octanol–water partition coefficient (Wildman–Crippen LogP) is 12.7. The minimum atomic E-state index is -5.08. The molecule has 1 heterocycles. The maximum atomic E-state index is 13.1. The first-order chi connectivity index (χ1) is 32.5. The summed E-state index contributed by atoms with van der Waals surface area (Å²) < 4.78 is 47.7.